The molecular formula is C14H13FO3. The van der Waals surface area contributed by atoms with E-state index in [-0.39, 0.29) is 11.7 Å². The third-order valence-corrected chi connectivity index (χ3v) is 2.96. The van der Waals surface area contributed by atoms with E-state index in [1.165, 1.54) is 13.2 Å². The van der Waals surface area contributed by atoms with Gasteiger partial charge in [0.05, 0.1) is 7.11 Å². The number of rotatable bonds is 3. The van der Waals surface area contributed by atoms with Gasteiger partial charge in [-0.2, -0.15) is 0 Å². The third kappa shape index (κ3) is 2.42. The number of allylic oxidation sites excluding steroid dienone is 3. The van der Waals surface area contributed by atoms with Crippen LogP contribution in [0, 0.1) is 5.82 Å². The second-order valence-corrected chi connectivity index (χ2v) is 4.09. The van der Waals surface area contributed by atoms with Gasteiger partial charge in [0.25, 0.3) is 0 Å². The molecule has 1 unspecified atom stereocenters. The van der Waals surface area contributed by atoms with Crippen molar-refractivity contribution in [3.8, 4) is 5.75 Å². The van der Waals surface area contributed by atoms with Crippen LogP contribution in [0.15, 0.2) is 42.0 Å². The first kappa shape index (κ1) is 12.4. The zero-order valence-electron chi connectivity index (χ0n) is 9.89. The van der Waals surface area contributed by atoms with Crippen molar-refractivity contribution in [1.82, 2.24) is 0 Å². The average Bonchev–Trinajstić information content (AvgIpc) is 2.39. The van der Waals surface area contributed by atoms with Gasteiger partial charge in [-0.05, 0) is 24.1 Å². The fraction of sp³-hybridized carbons (Fsp3) is 0.214. The van der Waals surface area contributed by atoms with Crippen LogP contribution in [0.3, 0.4) is 0 Å². The molecule has 0 amide bonds. The molecule has 0 radical (unpaired) electrons. The summed E-state index contributed by atoms with van der Waals surface area (Å²) in [5, 5.41) is 8.96. The Morgan fingerprint density at radius 3 is 2.94 bits per heavy atom. The van der Waals surface area contributed by atoms with E-state index in [9.17, 15) is 9.18 Å². The zero-order valence-corrected chi connectivity index (χ0v) is 9.89. The van der Waals surface area contributed by atoms with E-state index < -0.39 is 11.8 Å². The third-order valence-electron chi connectivity index (χ3n) is 2.96. The molecule has 0 aromatic heterocycles. The molecule has 4 heteroatoms. The van der Waals surface area contributed by atoms with Crippen molar-refractivity contribution in [2.24, 2.45) is 0 Å². The smallest absolute Gasteiger partial charge is 0.331 e. The lowest BCUT2D eigenvalue weighted by Gasteiger charge is -2.17. The number of carboxylic acid groups (broad SMARTS) is 1. The van der Waals surface area contributed by atoms with Crippen molar-refractivity contribution in [2.45, 2.75) is 12.3 Å². The molecule has 0 saturated carbocycles. The van der Waals surface area contributed by atoms with Gasteiger partial charge < -0.3 is 9.84 Å². The summed E-state index contributed by atoms with van der Waals surface area (Å²) in [6, 6.07) is 4.59. The van der Waals surface area contributed by atoms with Crippen molar-refractivity contribution < 1.29 is 19.0 Å². The molecular weight excluding hydrogens is 235 g/mol. The monoisotopic (exact) mass is 248 g/mol. The first-order chi connectivity index (χ1) is 8.61. The minimum absolute atomic E-state index is 0.0596. The van der Waals surface area contributed by atoms with Crippen LogP contribution >= 0.6 is 0 Å². The van der Waals surface area contributed by atoms with E-state index in [4.69, 9.17) is 9.84 Å². The molecule has 3 nitrogen and oxygen atoms in total. The lowest BCUT2D eigenvalue weighted by molar-refractivity contribution is -0.132. The molecule has 0 saturated heterocycles. The number of carboxylic acids is 1. The number of hydrogen-bond donors (Lipinski definition) is 1. The second-order valence-electron chi connectivity index (χ2n) is 4.09. The van der Waals surface area contributed by atoms with Crippen molar-refractivity contribution in [3.63, 3.8) is 0 Å². The average molecular weight is 248 g/mol. The maximum absolute atomic E-state index is 13.3. The Labute approximate surface area is 104 Å². The van der Waals surface area contributed by atoms with Gasteiger partial charge in [-0.15, -0.1) is 0 Å². The van der Waals surface area contributed by atoms with Gasteiger partial charge in [-0.25, -0.2) is 9.18 Å². The van der Waals surface area contributed by atoms with Gasteiger partial charge in [0.2, 0.25) is 0 Å². The highest BCUT2D eigenvalue weighted by Crippen LogP contribution is 2.31. The Bertz CT molecular complexity index is 532. The maximum atomic E-state index is 13.3. The molecule has 1 aliphatic rings. The summed E-state index contributed by atoms with van der Waals surface area (Å²) >= 11 is 0. The lowest BCUT2D eigenvalue weighted by Crippen LogP contribution is -2.08. The van der Waals surface area contributed by atoms with Gasteiger partial charge in [-0.1, -0.05) is 24.3 Å². The summed E-state index contributed by atoms with van der Waals surface area (Å²) < 4.78 is 18.2. The van der Waals surface area contributed by atoms with E-state index >= 15 is 0 Å². The van der Waals surface area contributed by atoms with E-state index in [1.54, 1.807) is 24.3 Å². The molecule has 1 aromatic carbocycles. The molecule has 0 bridgehead atoms. The Balaban J connectivity index is 2.26. The number of methoxy groups -OCH3 is 1. The maximum Gasteiger partial charge on any atom is 0.331 e. The summed E-state index contributed by atoms with van der Waals surface area (Å²) in [5.74, 6) is -1.23. The van der Waals surface area contributed by atoms with E-state index in [2.05, 4.69) is 0 Å². The minimum atomic E-state index is -0.918. The summed E-state index contributed by atoms with van der Waals surface area (Å²) in [4.78, 5) is 10.9. The molecule has 1 atom stereocenters. The fourth-order valence-corrected chi connectivity index (χ4v) is 1.97. The number of carbonyl (C=O) groups is 1. The Hall–Kier alpha value is -2.10. The van der Waals surface area contributed by atoms with Crippen molar-refractivity contribution >= 4 is 5.97 Å². The predicted octanol–water partition coefficient (Wildman–Crippen LogP) is 2.89. The summed E-state index contributed by atoms with van der Waals surface area (Å²) in [7, 11) is 1.40. The quantitative estimate of drug-likeness (QED) is 0.894. The highest BCUT2D eigenvalue weighted by atomic mass is 19.1. The van der Waals surface area contributed by atoms with Crippen LogP contribution in [-0.4, -0.2) is 18.2 Å². The molecule has 1 N–H and O–H groups in total. The molecule has 0 aliphatic heterocycles. The second kappa shape index (κ2) is 5.04. The van der Waals surface area contributed by atoms with Crippen molar-refractivity contribution in [3.05, 3.63) is 53.4 Å². The lowest BCUT2D eigenvalue weighted by atomic mass is 9.88. The molecule has 94 valence electrons. The molecule has 0 heterocycles. The van der Waals surface area contributed by atoms with Gasteiger partial charge in [0.15, 0.2) is 11.6 Å². The van der Waals surface area contributed by atoms with Crippen LogP contribution in [-0.2, 0) is 4.79 Å². The van der Waals surface area contributed by atoms with Crippen LogP contribution in [0.25, 0.3) is 0 Å². The van der Waals surface area contributed by atoms with E-state index in [1.807, 2.05) is 6.08 Å². The largest absolute Gasteiger partial charge is 0.494 e. The van der Waals surface area contributed by atoms with Crippen LogP contribution < -0.4 is 4.74 Å². The fourth-order valence-electron chi connectivity index (χ4n) is 1.97. The molecule has 2 rings (SSSR count). The molecule has 1 aromatic rings. The molecule has 18 heavy (non-hydrogen) atoms. The topological polar surface area (TPSA) is 46.5 Å². The molecule has 1 aliphatic carbocycles. The van der Waals surface area contributed by atoms with Crippen LogP contribution in [0.2, 0.25) is 0 Å². The van der Waals surface area contributed by atoms with Gasteiger partial charge >= 0.3 is 5.97 Å². The zero-order chi connectivity index (χ0) is 13.1. The SMILES string of the molecule is COc1cc(C2C=CC=C(C(=O)O)C2)ccc1F. The van der Waals surface area contributed by atoms with Gasteiger partial charge in [0.1, 0.15) is 0 Å². The van der Waals surface area contributed by atoms with Crippen LogP contribution in [0.4, 0.5) is 4.39 Å². The van der Waals surface area contributed by atoms with Crippen molar-refractivity contribution in [1.29, 1.82) is 0 Å². The number of halogens is 1. The van der Waals surface area contributed by atoms with Crippen LogP contribution in [0.5, 0.6) is 5.75 Å². The first-order valence-electron chi connectivity index (χ1n) is 5.56. The molecule has 0 spiro atoms. The summed E-state index contributed by atoms with van der Waals surface area (Å²) in [5.41, 5.74) is 1.20. The molecule has 0 fully saturated rings. The number of ether oxygens (including phenoxy) is 1. The van der Waals surface area contributed by atoms with Crippen LogP contribution in [0.1, 0.15) is 17.9 Å². The standard InChI is InChI=1S/C14H13FO3/c1-18-13-8-10(5-6-12(13)15)9-3-2-4-11(7-9)14(16)17/h2-6,8-9H,7H2,1H3,(H,16,17). The summed E-state index contributed by atoms with van der Waals surface area (Å²) in [6.07, 6.45) is 5.60. The normalized spacial score (nSPS) is 18.3. The predicted molar refractivity (Wildman–Crippen MR) is 65.2 cm³/mol. The van der Waals surface area contributed by atoms with Gasteiger partial charge in [-0.3, -0.25) is 0 Å². The van der Waals surface area contributed by atoms with Gasteiger partial charge in [0, 0.05) is 11.5 Å². The van der Waals surface area contributed by atoms with E-state index in [0.717, 1.165) is 5.56 Å². The number of aliphatic carboxylic acids is 1. The van der Waals surface area contributed by atoms with Crippen molar-refractivity contribution in [2.75, 3.05) is 7.11 Å². The number of hydrogen-bond acceptors (Lipinski definition) is 2. The summed E-state index contributed by atoms with van der Waals surface area (Å²) in [6.45, 7) is 0. The van der Waals surface area contributed by atoms with E-state index in [0.29, 0.717) is 12.0 Å². The number of benzene rings is 1. The highest BCUT2D eigenvalue weighted by Gasteiger charge is 2.18. The first-order valence-corrected chi connectivity index (χ1v) is 5.56. The Morgan fingerprint density at radius 2 is 2.28 bits per heavy atom. The highest BCUT2D eigenvalue weighted by molar-refractivity contribution is 5.87. The Morgan fingerprint density at radius 1 is 1.50 bits per heavy atom. The Kier molecular flexibility index (Phi) is 3.46. The minimum Gasteiger partial charge on any atom is -0.494 e.